The van der Waals surface area contributed by atoms with Gasteiger partial charge in [-0.1, -0.05) is 17.7 Å². The van der Waals surface area contributed by atoms with Crippen molar-refractivity contribution in [3.05, 3.63) is 47.2 Å². The van der Waals surface area contributed by atoms with E-state index in [1.54, 1.807) is 24.3 Å². The second-order valence-corrected chi connectivity index (χ2v) is 4.55. The van der Waals surface area contributed by atoms with Gasteiger partial charge in [-0.05, 0) is 18.2 Å². The van der Waals surface area contributed by atoms with Gasteiger partial charge in [-0.25, -0.2) is 9.48 Å². The van der Waals surface area contributed by atoms with Gasteiger partial charge in [-0.3, -0.25) is 0 Å². The summed E-state index contributed by atoms with van der Waals surface area (Å²) >= 11 is 5.88. The number of benzene rings is 1. The van der Waals surface area contributed by atoms with Crippen LogP contribution in [0.1, 0.15) is 11.7 Å². The zero-order valence-corrected chi connectivity index (χ0v) is 11.4. The molecule has 20 heavy (non-hydrogen) atoms. The van der Waals surface area contributed by atoms with Crippen LogP contribution in [0.15, 0.2) is 36.7 Å². The molecule has 0 spiro atoms. The van der Waals surface area contributed by atoms with E-state index < -0.39 is 18.2 Å². The second kappa shape index (κ2) is 6.04. The van der Waals surface area contributed by atoms with Gasteiger partial charge in [-0.15, -0.1) is 0 Å². The van der Waals surface area contributed by atoms with E-state index in [9.17, 15) is 15.0 Å². The number of hydrogen-bond donors (Lipinski definition) is 2. The smallest absolute Gasteiger partial charge is 0.337 e. The number of aliphatic hydroxyl groups excluding tert-OH is 2. The lowest BCUT2D eigenvalue weighted by Crippen LogP contribution is -2.28. The number of carbonyl (C=O) groups excluding carboxylic acids is 1. The molecule has 7 heteroatoms. The highest BCUT2D eigenvalue weighted by Gasteiger charge is 2.27. The molecule has 2 unspecified atom stereocenters. The number of nitrogens with zero attached hydrogens (tertiary/aromatic N) is 2. The van der Waals surface area contributed by atoms with E-state index in [0.717, 1.165) is 7.11 Å². The Hall–Kier alpha value is -1.89. The topological polar surface area (TPSA) is 84.6 Å². The Morgan fingerprint density at radius 2 is 2.20 bits per heavy atom. The molecule has 0 aliphatic heterocycles. The van der Waals surface area contributed by atoms with Crippen LogP contribution in [-0.2, 0) is 9.53 Å². The van der Waals surface area contributed by atoms with Crippen LogP contribution >= 0.6 is 11.6 Å². The third-order valence-corrected chi connectivity index (χ3v) is 2.99. The fourth-order valence-electron chi connectivity index (χ4n) is 1.68. The first-order chi connectivity index (χ1) is 9.52. The Kier molecular flexibility index (Phi) is 4.39. The molecule has 2 rings (SSSR count). The maximum absolute atomic E-state index is 11.2. The van der Waals surface area contributed by atoms with E-state index in [1.807, 2.05) is 0 Å². The third-order valence-electron chi connectivity index (χ3n) is 2.76. The number of aliphatic hydroxyl groups is 2. The zero-order valence-electron chi connectivity index (χ0n) is 10.6. The van der Waals surface area contributed by atoms with Crippen LogP contribution in [0.3, 0.4) is 0 Å². The summed E-state index contributed by atoms with van der Waals surface area (Å²) in [6, 6.07) is 6.97. The van der Waals surface area contributed by atoms with Crippen molar-refractivity contribution in [3.63, 3.8) is 0 Å². The molecule has 0 aliphatic carbocycles. The molecule has 1 aromatic carbocycles. The number of halogens is 1. The highest BCUT2D eigenvalue weighted by molar-refractivity contribution is 6.30. The minimum Gasteiger partial charge on any atom is -0.467 e. The van der Waals surface area contributed by atoms with Gasteiger partial charge in [0.2, 0.25) is 0 Å². The van der Waals surface area contributed by atoms with Crippen LogP contribution in [-0.4, -0.2) is 39.2 Å². The normalized spacial score (nSPS) is 13.8. The number of carbonyl (C=O) groups is 1. The van der Waals surface area contributed by atoms with Gasteiger partial charge in [0.1, 0.15) is 6.10 Å². The van der Waals surface area contributed by atoms with Crippen LogP contribution in [0.5, 0.6) is 0 Å². The maximum Gasteiger partial charge on any atom is 0.337 e. The van der Waals surface area contributed by atoms with E-state index in [-0.39, 0.29) is 0 Å². The number of ether oxygens (including phenoxy) is 1. The Bertz CT molecular complexity index is 614. The predicted octanol–water partition coefficient (Wildman–Crippen LogP) is 1.09. The summed E-state index contributed by atoms with van der Waals surface area (Å²) in [7, 11) is 1.13. The summed E-state index contributed by atoms with van der Waals surface area (Å²) in [6.45, 7) is 0. The molecule has 1 aromatic heterocycles. The number of aromatic nitrogens is 2. The molecule has 0 saturated carbocycles. The van der Waals surface area contributed by atoms with Crippen molar-refractivity contribution in [2.75, 3.05) is 7.11 Å². The molecule has 0 aliphatic rings. The van der Waals surface area contributed by atoms with Crippen molar-refractivity contribution in [1.82, 2.24) is 9.78 Å². The molecule has 0 bridgehead atoms. The standard InChI is InChI=1S/C13H13ClN2O4/c1-20-13(19)12(18)11(17)8-6-15-16(7-8)10-4-2-3-9(14)5-10/h2-7,11-12,17-18H,1H3. The highest BCUT2D eigenvalue weighted by atomic mass is 35.5. The van der Waals surface area contributed by atoms with E-state index in [0.29, 0.717) is 16.3 Å². The summed E-state index contributed by atoms with van der Waals surface area (Å²) in [4.78, 5) is 11.2. The number of methoxy groups -OCH3 is 1. The van der Waals surface area contributed by atoms with Crippen molar-refractivity contribution in [3.8, 4) is 5.69 Å². The third kappa shape index (κ3) is 2.98. The largest absolute Gasteiger partial charge is 0.467 e. The first-order valence-electron chi connectivity index (χ1n) is 5.77. The lowest BCUT2D eigenvalue weighted by Gasteiger charge is -2.13. The van der Waals surface area contributed by atoms with Crippen LogP contribution < -0.4 is 0 Å². The average Bonchev–Trinajstić information content (AvgIpc) is 2.94. The summed E-state index contributed by atoms with van der Waals surface area (Å²) < 4.78 is 5.85. The summed E-state index contributed by atoms with van der Waals surface area (Å²) in [6.07, 6.45) is -0.201. The van der Waals surface area contributed by atoms with E-state index in [2.05, 4.69) is 9.84 Å². The number of esters is 1. The van der Waals surface area contributed by atoms with Crippen LogP contribution in [0.25, 0.3) is 5.69 Å². The van der Waals surface area contributed by atoms with Crippen molar-refractivity contribution >= 4 is 17.6 Å². The van der Waals surface area contributed by atoms with Crippen molar-refractivity contribution < 1.29 is 19.7 Å². The highest BCUT2D eigenvalue weighted by Crippen LogP contribution is 2.20. The Morgan fingerprint density at radius 3 is 2.85 bits per heavy atom. The minimum atomic E-state index is -1.66. The monoisotopic (exact) mass is 296 g/mol. The molecule has 2 aromatic rings. The van der Waals surface area contributed by atoms with Gasteiger partial charge in [0.05, 0.1) is 19.0 Å². The van der Waals surface area contributed by atoms with Gasteiger partial charge in [0, 0.05) is 16.8 Å². The quantitative estimate of drug-likeness (QED) is 0.825. The first kappa shape index (κ1) is 14.5. The van der Waals surface area contributed by atoms with Crippen LogP contribution in [0.4, 0.5) is 0 Å². The Morgan fingerprint density at radius 1 is 1.45 bits per heavy atom. The van der Waals surface area contributed by atoms with E-state index in [1.165, 1.54) is 17.1 Å². The maximum atomic E-state index is 11.2. The molecular weight excluding hydrogens is 284 g/mol. The SMILES string of the molecule is COC(=O)C(O)C(O)c1cnn(-c2cccc(Cl)c2)c1. The average molecular weight is 297 g/mol. The van der Waals surface area contributed by atoms with Crippen LogP contribution in [0, 0.1) is 0 Å². The van der Waals surface area contributed by atoms with E-state index in [4.69, 9.17) is 11.6 Å². The number of rotatable bonds is 4. The molecule has 106 valence electrons. The Balaban J connectivity index is 2.23. The fourth-order valence-corrected chi connectivity index (χ4v) is 1.87. The van der Waals surface area contributed by atoms with E-state index >= 15 is 0 Å². The molecule has 0 saturated heterocycles. The van der Waals surface area contributed by atoms with Crippen molar-refractivity contribution in [2.45, 2.75) is 12.2 Å². The molecule has 0 amide bonds. The van der Waals surface area contributed by atoms with Gasteiger partial charge < -0.3 is 14.9 Å². The van der Waals surface area contributed by atoms with Crippen LogP contribution in [0.2, 0.25) is 5.02 Å². The van der Waals surface area contributed by atoms with Gasteiger partial charge in [-0.2, -0.15) is 5.10 Å². The Labute approximate surface area is 120 Å². The molecule has 2 N–H and O–H groups in total. The fraction of sp³-hybridized carbons (Fsp3) is 0.231. The summed E-state index contributed by atoms with van der Waals surface area (Å²) in [5, 5.41) is 24.1. The molecular formula is C13H13ClN2O4. The molecule has 6 nitrogen and oxygen atoms in total. The van der Waals surface area contributed by atoms with Gasteiger partial charge in [0.15, 0.2) is 6.10 Å². The number of hydrogen-bond acceptors (Lipinski definition) is 5. The van der Waals surface area contributed by atoms with Gasteiger partial charge in [0.25, 0.3) is 0 Å². The zero-order chi connectivity index (χ0) is 14.7. The molecule has 0 radical (unpaired) electrons. The first-order valence-corrected chi connectivity index (χ1v) is 6.15. The summed E-state index contributed by atoms with van der Waals surface area (Å²) in [5.74, 6) is -0.909. The minimum absolute atomic E-state index is 0.294. The summed E-state index contributed by atoms with van der Waals surface area (Å²) in [5.41, 5.74) is 0.992. The lowest BCUT2D eigenvalue weighted by molar-refractivity contribution is -0.156. The predicted molar refractivity (Wildman–Crippen MR) is 71.6 cm³/mol. The molecule has 2 atom stereocenters. The van der Waals surface area contributed by atoms with Crippen molar-refractivity contribution in [2.24, 2.45) is 0 Å². The molecule has 1 heterocycles. The molecule has 0 fully saturated rings. The van der Waals surface area contributed by atoms with Crippen molar-refractivity contribution in [1.29, 1.82) is 0 Å². The lowest BCUT2D eigenvalue weighted by atomic mass is 10.1. The second-order valence-electron chi connectivity index (χ2n) is 4.11. The van der Waals surface area contributed by atoms with Gasteiger partial charge >= 0.3 is 5.97 Å².